The number of benzene rings is 2. The maximum absolute atomic E-state index is 10.9. The van der Waals surface area contributed by atoms with Crippen molar-refractivity contribution < 1.29 is 9.84 Å². The first-order chi connectivity index (χ1) is 8.70. The number of methoxy groups -OCH3 is 1. The van der Waals surface area contributed by atoms with Crippen LogP contribution in [0.25, 0.3) is 0 Å². The van der Waals surface area contributed by atoms with E-state index in [9.17, 15) is 5.11 Å². The molecule has 18 heavy (non-hydrogen) atoms. The summed E-state index contributed by atoms with van der Waals surface area (Å²) in [4.78, 5) is 0. The topological polar surface area (TPSA) is 29.5 Å². The van der Waals surface area contributed by atoms with Crippen LogP contribution >= 0.6 is 9.24 Å². The Kier molecular flexibility index (Phi) is 4.00. The Morgan fingerprint density at radius 1 is 1.00 bits per heavy atom. The van der Waals surface area contributed by atoms with E-state index in [1.54, 1.807) is 7.11 Å². The van der Waals surface area contributed by atoms with E-state index >= 15 is 0 Å². The van der Waals surface area contributed by atoms with Crippen LogP contribution in [-0.4, -0.2) is 18.4 Å². The van der Waals surface area contributed by atoms with E-state index in [1.165, 1.54) is 0 Å². The van der Waals surface area contributed by atoms with Gasteiger partial charge in [-0.25, -0.2) is 0 Å². The lowest BCUT2D eigenvalue weighted by atomic mass is 9.88. The highest BCUT2D eigenvalue weighted by Gasteiger charge is 2.29. The van der Waals surface area contributed by atoms with Crippen molar-refractivity contribution in [2.45, 2.75) is 5.60 Å². The molecule has 0 bridgehead atoms. The van der Waals surface area contributed by atoms with Gasteiger partial charge in [-0.05, 0) is 29.4 Å². The van der Waals surface area contributed by atoms with E-state index in [4.69, 9.17) is 4.74 Å². The van der Waals surface area contributed by atoms with Crippen molar-refractivity contribution in [2.24, 2.45) is 0 Å². The molecule has 0 saturated heterocycles. The molecule has 0 amide bonds. The van der Waals surface area contributed by atoms with Crippen LogP contribution in [0.5, 0.6) is 5.75 Å². The molecule has 2 aromatic rings. The fraction of sp³-hybridized carbons (Fsp3) is 0.200. The van der Waals surface area contributed by atoms with Crippen molar-refractivity contribution in [2.75, 3.05) is 13.3 Å². The molecule has 1 N–H and O–H groups in total. The second kappa shape index (κ2) is 5.51. The molecule has 2 aromatic carbocycles. The fourth-order valence-electron chi connectivity index (χ4n) is 1.98. The van der Waals surface area contributed by atoms with E-state index in [0.717, 1.165) is 16.9 Å². The summed E-state index contributed by atoms with van der Waals surface area (Å²) < 4.78 is 5.13. The molecule has 94 valence electrons. The molecule has 2 nitrogen and oxygen atoms in total. The van der Waals surface area contributed by atoms with Crippen molar-refractivity contribution in [1.29, 1.82) is 0 Å². The lowest BCUT2D eigenvalue weighted by Crippen LogP contribution is -2.28. The predicted molar refractivity (Wildman–Crippen MR) is 77.0 cm³/mol. The van der Waals surface area contributed by atoms with Crippen LogP contribution < -0.4 is 4.74 Å². The third kappa shape index (κ3) is 2.40. The summed E-state index contributed by atoms with van der Waals surface area (Å²) in [6.45, 7) is 0. The van der Waals surface area contributed by atoms with E-state index in [1.807, 2.05) is 54.6 Å². The van der Waals surface area contributed by atoms with Crippen molar-refractivity contribution in [3.05, 3.63) is 65.7 Å². The molecule has 0 radical (unpaired) electrons. The first kappa shape index (κ1) is 13.1. The van der Waals surface area contributed by atoms with Gasteiger partial charge < -0.3 is 9.84 Å². The molecule has 0 aromatic heterocycles. The minimum atomic E-state index is -0.974. The van der Waals surface area contributed by atoms with Gasteiger partial charge in [0.15, 0.2) is 0 Å². The Hall–Kier alpha value is -1.37. The van der Waals surface area contributed by atoms with Crippen LogP contribution in [0.15, 0.2) is 54.6 Å². The summed E-state index contributed by atoms with van der Waals surface area (Å²) in [6.07, 6.45) is 0.545. The van der Waals surface area contributed by atoms with Crippen LogP contribution in [0, 0.1) is 0 Å². The third-order valence-electron chi connectivity index (χ3n) is 3.11. The second-order valence-electron chi connectivity index (χ2n) is 4.16. The average molecular weight is 260 g/mol. The van der Waals surface area contributed by atoms with Gasteiger partial charge in [0.25, 0.3) is 0 Å². The van der Waals surface area contributed by atoms with Crippen molar-refractivity contribution in [1.82, 2.24) is 0 Å². The molecule has 2 atom stereocenters. The lowest BCUT2D eigenvalue weighted by Gasteiger charge is -2.28. The summed E-state index contributed by atoms with van der Waals surface area (Å²) in [6, 6.07) is 17.2. The summed E-state index contributed by atoms with van der Waals surface area (Å²) in [5.41, 5.74) is 0.785. The second-order valence-corrected chi connectivity index (χ2v) is 4.57. The lowest BCUT2D eigenvalue weighted by molar-refractivity contribution is 0.107. The number of hydrogen-bond donors (Lipinski definition) is 1. The minimum Gasteiger partial charge on any atom is -0.497 e. The molecule has 0 saturated carbocycles. The smallest absolute Gasteiger partial charge is 0.118 e. The van der Waals surface area contributed by atoms with Crippen molar-refractivity contribution in [3.63, 3.8) is 0 Å². The Bertz CT molecular complexity index is 496. The van der Waals surface area contributed by atoms with Crippen LogP contribution in [0.4, 0.5) is 0 Å². The molecule has 0 aliphatic carbocycles. The van der Waals surface area contributed by atoms with Gasteiger partial charge in [0.2, 0.25) is 0 Å². The molecule has 0 spiro atoms. The van der Waals surface area contributed by atoms with Gasteiger partial charge in [-0.3, -0.25) is 0 Å². The van der Waals surface area contributed by atoms with Crippen LogP contribution in [0.3, 0.4) is 0 Å². The maximum Gasteiger partial charge on any atom is 0.118 e. The van der Waals surface area contributed by atoms with Crippen molar-refractivity contribution >= 4 is 9.24 Å². The van der Waals surface area contributed by atoms with E-state index < -0.39 is 5.60 Å². The standard InChI is InChI=1S/C15H17O2P/c1-17-14-9-7-13(8-10-14)15(16,11-18)12-5-3-2-4-6-12/h2-10,16H,11,18H2,1H3. The van der Waals surface area contributed by atoms with E-state index in [0.29, 0.717) is 6.16 Å². The molecule has 0 heterocycles. The van der Waals surface area contributed by atoms with Gasteiger partial charge >= 0.3 is 0 Å². The van der Waals surface area contributed by atoms with E-state index in [2.05, 4.69) is 9.24 Å². The van der Waals surface area contributed by atoms with Crippen LogP contribution in [0.2, 0.25) is 0 Å². The number of ether oxygens (including phenoxy) is 1. The van der Waals surface area contributed by atoms with Gasteiger partial charge in [0.1, 0.15) is 11.4 Å². The Morgan fingerprint density at radius 2 is 1.56 bits per heavy atom. The SMILES string of the molecule is COc1ccc(C(O)(CP)c2ccccc2)cc1. The zero-order chi connectivity index (χ0) is 13.0. The van der Waals surface area contributed by atoms with Crippen LogP contribution in [0.1, 0.15) is 11.1 Å². The normalized spacial score (nSPS) is 13.9. The summed E-state index contributed by atoms with van der Waals surface area (Å²) in [5, 5.41) is 10.9. The van der Waals surface area contributed by atoms with Gasteiger partial charge in [-0.1, -0.05) is 42.5 Å². The van der Waals surface area contributed by atoms with Gasteiger partial charge in [0, 0.05) is 0 Å². The first-order valence-corrected chi connectivity index (χ1v) is 6.65. The Labute approximate surface area is 110 Å². The molecule has 2 unspecified atom stereocenters. The Morgan fingerprint density at radius 3 is 2.06 bits per heavy atom. The average Bonchev–Trinajstić information content (AvgIpc) is 2.47. The highest BCUT2D eigenvalue weighted by atomic mass is 31.0. The summed E-state index contributed by atoms with van der Waals surface area (Å²) in [5.74, 6) is 0.790. The highest BCUT2D eigenvalue weighted by molar-refractivity contribution is 7.16. The Balaban J connectivity index is 2.43. The molecule has 0 fully saturated rings. The molecule has 0 aliphatic heterocycles. The monoisotopic (exact) mass is 260 g/mol. The highest BCUT2D eigenvalue weighted by Crippen LogP contribution is 2.32. The largest absolute Gasteiger partial charge is 0.497 e. The number of hydrogen-bond acceptors (Lipinski definition) is 2. The van der Waals surface area contributed by atoms with Gasteiger partial charge in [0.05, 0.1) is 7.11 Å². The van der Waals surface area contributed by atoms with Gasteiger partial charge in [-0.15, -0.1) is 9.24 Å². The molecule has 0 aliphatic rings. The molecule has 3 heteroatoms. The summed E-state index contributed by atoms with van der Waals surface area (Å²) >= 11 is 0. The zero-order valence-electron chi connectivity index (χ0n) is 10.3. The quantitative estimate of drug-likeness (QED) is 0.857. The zero-order valence-corrected chi connectivity index (χ0v) is 11.5. The summed E-state index contributed by atoms with van der Waals surface area (Å²) in [7, 11) is 4.25. The maximum atomic E-state index is 10.9. The third-order valence-corrected chi connectivity index (χ3v) is 3.71. The van der Waals surface area contributed by atoms with Crippen molar-refractivity contribution in [3.8, 4) is 5.75 Å². The first-order valence-electron chi connectivity index (χ1n) is 5.83. The molecular weight excluding hydrogens is 243 g/mol. The number of rotatable bonds is 4. The molecular formula is C15H17O2P. The van der Waals surface area contributed by atoms with E-state index in [-0.39, 0.29) is 0 Å². The van der Waals surface area contributed by atoms with Crippen LogP contribution in [-0.2, 0) is 5.60 Å². The fourth-order valence-corrected chi connectivity index (χ4v) is 2.45. The molecule has 2 rings (SSSR count). The predicted octanol–water partition coefficient (Wildman–Crippen LogP) is 2.81. The van der Waals surface area contributed by atoms with Gasteiger partial charge in [-0.2, -0.15) is 0 Å². The minimum absolute atomic E-state index is 0.545. The number of aliphatic hydroxyl groups is 1.